The van der Waals surface area contributed by atoms with Crippen molar-refractivity contribution in [2.45, 2.75) is 0 Å². The predicted molar refractivity (Wildman–Crippen MR) is 204 cm³/mol. The molecule has 4 heteroatoms. The molecule has 3 heterocycles. The van der Waals surface area contributed by atoms with Gasteiger partial charge in [0.25, 0.3) is 0 Å². The lowest BCUT2D eigenvalue weighted by Gasteiger charge is -2.12. The number of benzene rings is 7. The van der Waals surface area contributed by atoms with Crippen molar-refractivity contribution in [3.8, 4) is 56.2 Å². The minimum atomic E-state index is 0.607. The summed E-state index contributed by atoms with van der Waals surface area (Å²) < 4.78 is 13.0. The summed E-state index contributed by atoms with van der Waals surface area (Å²) in [7, 11) is 0. The summed E-state index contributed by atoms with van der Waals surface area (Å²) in [6.07, 6.45) is 0. The van der Waals surface area contributed by atoms with Gasteiger partial charge in [-0.15, -0.1) is 0 Å². The molecular formula is C46H28N2O2. The SMILES string of the molecule is c1ccc(-c2ccc(-c3cc(-c4ccccc4)nc(-c4ccc(-c5cccc6oc7ccccc7c56)c5c4oc4ccccc45)n3)cc2)cc1. The quantitative estimate of drug-likeness (QED) is 0.188. The van der Waals surface area contributed by atoms with Crippen molar-refractivity contribution in [1.82, 2.24) is 9.97 Å². The lowest BCUT2D eigenvalue weighted by Crippen LogP contribution is -1.96. The Hall–Kier alpha value is -6.78. The molecule has 0 atom stereocenters. The first-order chi connectivity index (χ1) is 24.8. The molecule has 0 N–H and O–H groups in total. The van der Waals surface area contributed by atoms with Gasteiger partial charge >= 0.3 is 0 Å². The van der Waals surface area contributed by atoms with Crippen molar-refractivity contribution in [1.29, 1.82) is 0 Å². The fraction of sp³-hybridized carbons (Fsp3) is 0. The summed E-state index contributed by atoms with van der Waals surface area (Å²) >= 11 is 0. The molecule has 0 aliphatic rings. The van der Waals surface area contributed by atoms with Gasteiger partial charge < -0.3 is 8.83 Å². The summed E-state index contributed by atoms with van der Waals surface area (Å²) in [5.74, 6) is 0.607. The number of para-hydroxylation sites is 2. The van der Waals surface area contributed by atoms with E-state index in [1.807, 2.05) is 54.6 Å². The average Bonchev–Trinajstić information content (AvgIpc) is 3.77. The summed E-state index contributed by atoms with van der Waals surface area (Å²) in [4.78, 5) is 10.4. The molecule has 10 rings (SSSR count). The Kier molecular flexibility index (Phi) is 6.46. The van der Waals surface area contributed by atoms with Gasteiger partial charge in [-0.3, -0.25) is 0 Å². The van der Waals surface area contributed by atoms with Crippen LogP contribution in [0.4, 0.5) is 0 Å². The van der Waals surface area contributed by atoms with Gasteiger partial charge in [-0.1, -0.05) is 140 Å². The van der Waals surface area contributed by atoms with Crippen molar-refractivity contribution in [3.05, 3.63) is 170 Å². The van der Waals surface area contributed by atoms with E-state index in [0.29, 0.717) is 5.82 Å². The molecule has 234 valence electrons. The van der Waals surface area contributed by atoms with Crippen LogP contribution in [0, 0.1) is 0 Å². The van der Waals surface area contributed by atoms with Gasteiger partial charge in [0.1, 0.15) is 22.3 Å². The average molecular weight is 641 g/mol. The standard InChI is InChI=1S/C46H28N2O2/c1-3-12-29(13-4-1)30-22-24-32(25-23-30)39-28-38(31-14-5-2-6-15-31)47-46(48-39)37-27-26-34(44-36-17-8-10-20-41(36)50-45(37)44)33-18-11-21-42-43(33)35-16-7-9-19-40(35)49-42/h1-28H. The second-order valence-corrected chi connectivity index (χ2v) is 12.5. The van der Waals surface area contributed by atoms with Crippen LogP contribution in [0.1, 0.15) is 0 Å². The topological polar surface area (TPSA) is 52.1 Å². The third kappa shape index (κ3) is 4.61. The molecular weight excluding hydrogens is 613 g/mol. The molecule has 7 aromatic carbocycles. The highest BCUT2D eigenvalue weighted by molar-refractivity contribution is 6.21. The number of hydrogen-bond acceptors (Lipinski definition) is 4. The number of furan rings is 2. The molecule has 0 aliphatic heterocycles. The molecule has 50 heavy (non-hydrogen) atoms. The van der Waals surface area contributed by atoms with Crippen molar-refractivity contribution in [2.75, 3.05) is 0 Å². The zero-order valence-corrected chi connectivity index (χ0v) is 26.9. The minimum Gasteiger partial charge on any atom is -0.456 e. The number of fused-ring (bicyclic) bond motifs is 6. The van der Waals surface area contributed by atoms with Gasteiger partial charge in [-0.05, 0) is 52.6 Å². The van der Waals surface area contributed by atoms with E-state index >= 15 is 0 Å². The van der Waals surface area contributed by atoms with E-state index in [1.165, 1.54) is 5.56 Å². The summed E-state index contributed by atoms with van der Waals surface area (Å²) in [5.41, 5.74) is 12.4. The Labute approximate surface area is 287 Å². The number of hydrogen-bond donors (Lipinski definition) is 0. The number of aromatic nitrogens is 2. The first kappa shape index (κ1) is 28.3. The van der Waals surface area contributed by atoms with Crippen molar-refractivity contribution in [3.63, 3.8) is 0 Å². The van der Waals surface area contributed by atoms with Crippen molar-refractivity contribution in [2.24, 2.45) is 0 Å². The third-order valence-electron chi connectivity index (χ3n) is 9.54. The highest BCUT2D eigenvalue weighted by Crippen LogP contribution is 2.45. The molecule has 3 aromatic heterocycles. The predicted octanol–water partition coefficient (Wildman–Crippen LogP) is 12.6. The molecule has 10 aromatic rings. The van der Waals surface area contributed by atoms with E-state index in [2.05, 4.69) is 115 Å². The van der Waals surface area contributed by atoms with Crippen LogP contribution in [-0.2, 0) is 0 Å². The smallest absolute Gasteiger partial charge is 0.164 e. The molecule has 0 unspecified atom stereocenters. The normalized spacial score (nSPS) is 11.6. The van der Waals surface area contributed by atoms with Gasteiger partial charge in [-0.2, -0.15) is 0 Å². The first-order valence-electron chi connectivity index (χ1n) is 16.7. The van der Waals surface area contributed by atoms with Crippen molar-refractivity contribution < 1.29 is 8.83 Å². The maximum absolute atomic E-state index is 6.73. The summed E-state index contributed by atoms with van der Waals surface area (Å²) in [6, 6.07) is 58.4. The number of nitrogens with zero attached hydrogens (tertiary/aromatic N) is 2. The molecule has 0 saturated carbocycles. The largest absolute Gasteiger partial charge is 0.456 e. The second-order valence-electron chi connectivity index (χ2n) is 12.5. The van der Waals surface area contributed by atoms with E-state index < -0.39 is 0 Å². The van der Waals surface area contributed by atoms with Gasteiger partial charge in [0.2, 0.25) is 0 Å². The fourth-order valence-corrected chi connectivity index (χ4v) is 7.16. The Morgan fingerprint density at radius 2 is 0.840 bits per heavy atom. The molecule has 0 saturated heterocycles. The highest BCUT2D eigenvalue weighted by Gasteiger charge is 2.22. The Balaban J connectivity index is 1.21. The molecule has 0 aliphatic carbocycles. The first-order valence-corrected chi connectivity index (χ1v) is 16.7. The molecule has 4 nitrogen and oxygen atoms in total. The highest BCUT2D eigenvalue weighted by atomic mass is 16.3. The minimum absolute atomic E-state index is 0.607. The van der Waals surface area contributed by atoms with E-state index in [4.69, 9.17) is 18.8 Å². The Morgan fingerprint density at radius 3 is 1.56 bits per heavy atom. The van der Waals surface area contributed by atoms with Crippen LogP contribution >= 0.6 is 0 Å². The molecule has 0 bridgehead atoms. The lowest BCUT2D eigenvalue weighted by atomic mass is 9.93. The van der Waals surface area contributed by atoms with E-state index in [1.54, 1.807) is 0 Å². The van der Waals surface area contributed by atoms with Crippen LogP contribution in [0.2, 0.25) is 0 Å². The zero-order chi connectivity index (χ0) is 33.0. The molecule has 0 amide bonds. The van der Waals surface area contributed by atoms with Gasteiger partial charge in [0.05, 0.1) is 17.0 Å². The number of rotatable bonds is 5. The molecule has 0 radical (unpaired) electrons. The van der Waals surface area contributed by atoms with Gasteiger partial charge in [0, 0.05) is 32.7 Å². The fourth-order valence-electron chi connectivity index (χ4n) is 7.16. The third-order valence-corrected chi connectivity index (χ3v) is 9.54. The van der Waals surface area contributed by atoms with Crippen LogP contribution in [0.15, 0.2) is 179 Å². The maximum atomic E-state index is 6.73. The molecule has 0 spiro atoms. The lowest BCUT2D eigenvalue weighted by molar-refractivity contribution is 0.668. The van der Waals surface area contributed by atoms with Crippen LogP contribution in [0.25, 0.3) is 100 Å². The van der Waals surface area contributed by atoms with E-state index in [0.717, 1.165) is 88.6 Å². The second kappa shape index (κ2) is 11.4. The Morgan fingerprint density at radius 1 is 0.340 bits per heavy atom. The molecule has 0 fully saturated rings. The summed E-state index contributed by atoms with van der Waals surface area (Å²) in [5, 5.41) is 4.24. The van der Waals surface area contributed by atoms with Crippen LogP contribution in [-0.4, -0.2) is 9.97 Å². The van der Waals surface area contributed by atoms with E-state index in [9.17, 15) is 0 Å². The van der Waals surface area contributed by atoms with E-state index in [-0.39, 0.29) is 0 Å². The zero-order valence-electron chi connectivity index (χ0n) is 26.9. The van der Waals surface area contributed by atoms with Crippen LogP contribution in [0.5, 0.6) is 0 Å². The van der Waals surface area contributed by atoms with Crippen molar-refractivity contribution >= 4 is 43.9 Å². The van der Waals surface area contributed by atoms with Gasteiger partial charge in [-0.25, -0.2) is 9.97 Å². The monoisotopic (exact) mass is 640 g/mol. The summed E-state index contributed by atoms with van der Waals surface area (Å²) in [6.45, 7) is 0. The van der Waals surface area contributed by atoms with Crippen LogP contribution < -0.4 is 0 Å². The van der Waals surface area contributed by atoms with Gasteiger partial charge in [0.15, 0.2) is 5.82 Å². The van der Waals surface area contributed by atoms with Crippen LogP contribution in [0.3, 0.4) is 0 Å². The Bertz CT molecular complexity index is 2850. The maximum Gasteiger partial charge on any atom is 0.164 e.